The maximum absolute atomic E-state index is 12.1. The molecule has 0 bridgehead atoms. The third kappa shape index (κ3) is 2.01. The molecule has 6 nitrogen and oxygen atoms in total. The maximum atomic E-state index is 12.1. The first-order chi connectivity index (χ1) is 8.45. The van der Waals surface area contributed by atoms with Crippen LogP contribution in [0.5, 0.6) is 0 Å². The SMILES string of the molecule is CCC1CC2C(=O)N(CC(N)C(=O)O)C(=O)C2C1. The van der Waals surface area contributed by atoms with Gasteiger partial charge in [-0.2, -0.15) is 0 Å². The fourth-order valence-electron chi connectivity index (χ4n) is 2.99. The quantitative estimate of drug-likeness (QED) is 0.678. The number of likely N-dealkylation sites (tertiary alicyclic amines) is 1. The highest BCUT2D eigenvalue weighted by molar-refractivity contribution is 6.05. The molecule has 3 unspecified atom stereocenters. The Labute approximate surface area is 105 Å². The van der Waals surface area contributed by atoms with Gasteiger partial charge in [0.15, 0.2) is 0 Å². The van der Waals surface area contributed by atoms with E-state index in [9.17, 15) is 14.4 Å². The van der Waals surface area contributed by atoms with Crippen molar-refractivity contribution in [2.75, 3.05) is 6.54 Å². The van der Waals surface area contributed by atoms with Gasteiger partial charge in [0.05, 0.1) is 18.4 Å². The molecule has 2 aliphatic rings. The molecule has 0 radical (unpaired) electrons. The van der Waals surface area contributed by atoms with Crippen LogP contribution in [-0.4, -0.2) is 40.4 Å². The predicted molar refractivity (Wildman–Crippen MR) is 62.3 cm³/mol. The number of carbonyl (C=O) groups is 3. The first kappa shape index (κ1) is 13.0. The van der Waals surface area contributed by atoms with E-state index >= 15 is 0 Å². The molecule has 0 aromatic carbocycles. The van der Waals surface area contributed by atoms with Gasteiger partial charge in [-0.05, 0) is 18.8 Å². The summed E-state index contributed by atoms with van der Waals surface area (Å²) >= 11 is 0. The second-order valence-electron chi connectivity index (χ2n) is 5.19. The van der Waals surface area contributed by atoms with Crippen molar-refractivity contribution in [3.63, 3.8) is 0 Å². The van der Waals surface area contributed by atoms with Gasteiger partial charge in [-0.15, -0.1) is 0 Å². The molecular formula is C12H18N2O4. The normalized spacial score (nSPS) is 32.8. The van der Waals surface area contributed by atoms with Gasteiger partial charge in [0.25, 0.3) is 0 Å². The summed E-state index contributed by atoms with van der Waals surface area (Å²) in [7, 11) is 0. The molecule has 1 heterocycles. The van der Waals surface area contributed by atoms with Gasteiger partial charge >= 0.3 is 5.97 Å². The molecule has 0 aromatic rings. The van der Waals surface area contributed by atoms with Crippen LogP contribution in [0.2, 0.25) is 0 Å². The fourth-order valence-corrected chi connectivity index (χ4v) is 2.99. The standard InChI is InChI=1S/C12H18N2O4/c1-2-6-3-7-8(4-6)11(16)14(10(7)15)5-9(13)12(17)18/h6-9H,2-5,13H2,1H3,(H,17,18). The molecule has 2 amide bonds. The summed E-state index contributed by atoms with van der Waals surface area (Å²) in [4.78, 5) is 35.9. The van der Waals surface area contributed by atoms with E-state index in [1.165, 1.54) is 0 Å². The molecule has 3 N–H and O–H groups in total. The van der Waals surface area contributed by atoms with E-state index < -0.39 is 12.0 Å². The Balaban J connectivity index is 2.07. The van der Waals surface area contributed by atoms with Crippen molar-refractivity contribution in [2.45, 2.75) is 32.2 Å². The number of hydrogen-bond donors (Lipinski definition) is 2. The number of carbonyl (C=O) groups excluding carboxylic acids is 2. The molecule has 1 saturated heterocycles. The molecule has 100 valence electrons. The zero-order valence-corrected chi connectivity index (χ0v) is 10.3. The van der Waals surface area contributed by atoms with E-state index in [-0.39, 0.29) is 30.2 Å². The lowest BCUT2D eigenvalue weighted by atomic mass is 10.00. The number of carboxylic acid groups (broad SMARTS) is 1. The van der Waals surface area contributed by atoms with Crippen LogP contribution >= 0.6 is 0 Å². The second-order valence-corrected chi connectivity index (χ2v) is 5.19. The van der Waals surface area contributed by atoms with E-state index in [0.717, 1.165) is 24.2 Å². The lowest BCUT2D eigenvalue weighted by molar-refractivity contribution is -0.143. The highest BCUT2D eigenvalue weighted by Crippen LogP contribution is 2.44. The molecule has 1 aliphatic heterocycles. The summed E-state index contributed by atoms with van der Waals surface area (Å²) in [5.74, 6) is -1.73. The van der Waals surface area contributed by atoms with Gasteiger partial charge in [0.1, 0.15) is 6.04 Å². The number of fused-ring (bicyclic) bond motifs is 1. The van der Waals surface area contributed by atoms with E-state index in [4.69, 9.17) is 10.8 Å². The molecule has 3 atom stereocenters. The van der Waals surface area contributed by atoms with E-state index in [0.29, 0.717) is 5.92 Å². The second kappa shape index (κ2) is 4.68. The highest BCUT2D eigenvalue weighted by Gasteiger charge is 2.52. The number of imide groups is 1. The smallest absolute Gasteiger partial charge is 0.322 e. The van der Waals surface area contributed by atoms with Crippen LogP contribution < -0.4 is 5.73 Å². The lowest BCUT2D eigenvalue weighted by Gasteiger charge is -2.19. The molecule has 6 heteroatoms. The van der Waals surface area contributed by atoms with Crippen molar-refractivity contribution in [2.24, 2.45) is 23.5 Å². The summed E-state index contributed by atoms with van der Waals surface area (Å²) in [5, 5.41) is 8.72. The lowest BCUT2D eigenvalue weighted by Crippen LogP contribution is -2.45. The van der Waals surface area contributed by atoms with Crippen LogP contribution in [0.4, 0.5) is 0 Å². The van der Waals surface area contributed by atoms with Gasteiger partial charge in [-0.3, -0.25) is 19.3 Å². The van der Waals surface area contributed by atoms with Crippen LogP contribution in [-0.2, 0) is 14.4 Å². The van der Waals surface area contributed by atoms with Crippen LogP contribution in [0.15, 0.2) is 0 Å². The third-order valence-electron chi connectivity index (χ3n) is 4.10. The first-order valence-electron chi connectivity index (χ1n) is 6.29. The Morgan fingerprint density at radius 3 is 2.28 bits per heavy atom. The third-order valence-corrected chi connectivity index (χ3v) is 4.10. The molecule has 1 saturated carbocycles. The van der Waals surface area contributed by atoms with Crippen molar-refractivity contribution in [3.05, 3.63) is 0 Å². The van der Waals surface area contributed by atoms with E-state index in [1.54, 1.807) is 0 Å². The number of carboxylic acids is 1. The van der Waals surface area contributed by atoms with Crippen LogP contribution in [0.3, 0.4) is 0 Å². The van der Waals surface area contributed by atoms with Crippen molar-refractivity contribution >= 4 is 17.8 Å². The summed E-state index contributed by atoms with van der Waals surface area (Å²) in [5.41, 5.74) is 5.38. The maximum Gasteiger partial charge on any atom is 0.322 e. The Morgan fingerprint density at radius 2 is 1.89 bits per heavy atom. The van der Waals surface area contributed by atoms with Crippen molar-refractivity contribution in [1.29, 1.82) is 0 Å². The summed E-state index contributed by atoms with van der Waals surface area (Å²) in [6.07, 6.45) is 2.46. The van der Waals surface area contributed by atoms with Crippen LogP contribution in [0.25, 0.3) is 0 Å². The van der Waals surface area contributed by atoms with Gasteiger partial charge in [0.2, 0.25) is 11.8 Å². The molecule has 0 aromatic heterocycles. The molecule has 1 aliphatic carbocycles. The van der Waals surface area contributed by atoms with Gasteiger partial charge in [0, 0.05) is 0 Å². The zero-order chi connectivity index (χ0) is 13.4. The molecule has 2 rings (SSSR count). The summed E-state index contributed by atoms with van der Waals surface area (Å²) in [6.45, 7) is 1.84. The first-order valence-corrected chi connectivity index (χ1v) is 6.29. The number of amides is 2. The Kier molecular flexibility index (Phi) is 3.38. The highest BCUT2D eigenvalue weighted by atomic mass is 16.4. The average Bonchev–Trinajstić information content (AvgIpc) is 2.84. The van der Waals surface area contributed by atoms with Crippen LogP contribution in [0, 0.1) is 17.8 Å². The Hall–Kier alpha value is -1.43. The van der Waals surface area contributed by atoms with Crippen LogP contribution in [0.1, 0.15) is 26.2 Å². The minimum Gasteiger partial charge on any atom is -0.480 e. The number of hydrogen-bond acceptors (Lipinski definition) is 4. The van der Waals surface area contributed by atoms with Gasteiger partial charge < -0.3 is 10.8 Å². The van der Waals surface area contributed by atoms with Gasteiger partial charge in [-0.25, -0.2) is 0 Å². The molecule has 0 spiro atoms. The van der Waals surface area contributed by atoms with Crippen molar-refractivity contribution in [3.8, 4) is 0 Å². The zero-order valence-electron chi connectivity index (χ0n) is 10.3. The molecule has 18 heavy (non-hydrogen) atoms. The fraction of sp³-hybridized carbons (Fsp3) is 0.750. The summed E-state index contributed by atoms with van der Waals surface area (Å²) < 4.78 is 0. The summed E-state index contributed by atoms with van der Waals surface area (Å²) in [6, 6.07) is -1.20. The number of aliphatic carboxylic acids is 1. The minimum absolute atomic E-state index is 0.212. The number of nitrogens with two attached hydrogens (primary N) is 1. The minimum atomic E-state index is -1.20. The predicted octanol–water partition coefficient (Wildman–Crippen LogP) is -0.180. The van der Waals surface area contributed by atoms with Crippen molar-refractivity contribution in [1.82, 2.24) is 4.90 Å². The monoisotopic (exact) mass is 254 g/mol. The van der Waals surface area contributed by atoms with Crippen molar-refractivity contribution < 1.29 is 19.5 Å². The topological polar surface area (TPSA) is 101 Å². The largest absolute Gasteiger partial charge is 0.480 e. The number of rotatable bonds is 4. The Morgan fingerprint density at radius 1 is 1.39 bits per heavy atom. The van der Waals surface area contributed by atoms with E-state index in [2.05, 4.69) is 6.92 Å². The van der Waals surface area contributed by atoms with E-state index in [1.807, 2.05) is 0 Å². The molecule has 2 fully saturated rings. The molecular weight excluding hydrogens is 236 g/mol. The average molecular weight is 254 g/mol. The number of nitrogens with zero attached hydrogens (tertiary/aromatic N) is 1. The van der Waals surface area contributed by atoms with Gasteiger partial charge in [-0.1, -0.05) is 13.3 Å². The Bertz CT molecular complexity index is 372.